The molecule has 17 heavy (non-hydrogen) atoms. The minimum atomic E-state index is -0.854. The van der Waals surface area contributed by atoms with Crippen molar-refractivity contribution in [2.24, 2.45) is 0 Å². The van der Waals surface area contributed by atoms with Crippen molar-refractivity contribution in [3.05, 3.63) is 41.0 Å². The van der Waals surface area contributed by atoms with Crippen molar-refractivity contribution in [1.82, 2.24) is 0 Å². The number of aliphatic carboxylic acids is 1. The van der Waals surface area contributed by atoms with Crippen LogP contribution in [0.2, 0.25) is 0 Å². The Labute approximate surface area is 102 Å². The van der Waals surface area contributed by atoms with E-state index < -0.39 is 5.97 Å². The third-order valence-electron chi connectivity index (χ3n) is 3.28. The molecule has 0 aliphatic heterocycles. The SMILES string of the molecule is CC(C)(C)c1ccc2c(c1)CCC2=CC(=O)O. The first-order valence-corrected chi connectivity index (χ1v) is 5.95. The van der Waals surface area contributed by atoms with Gasteiger partial charge in [-0.25, -0.2) is 4.79 Å². The molecule has 90 valence electrons. The number of carbonyl (C=O) groups is 1. The third-order valence-corrected chi connectivity index (χ3v) is 3.28. The Balaban J connectivity index is 2.42. The lowest BCUT2D eigenvalue weighted by Crippen LogP contribution is -2.11. The van der Waals surface area contributed by atoms with Gasteiger partial charge in [-0.1, -0.05) is 39.0 Å². The number of hydrogen-bond acceptors (Lipinski definition) is 1. The first kappa shape index (κ1) is 11.9. The van der Waals surface area contributed by atoms with Gasteiger partial charge in [-0.15, -0.1) is 0 Å². The molecule has 0 atom stereocenters. The van der Waals surface area contributed by atoms with Gasteiger partial charge in [0.15, 0.2) is 0 Å². The van der Waals surface area contributed by atoms with Gasteiger partial charge in [-0.3, -0.25) is 0 Å². The average molecular weight is 230 g/mol. The second-order valence-corrected chi connectivity index (χ2v) is 5.63. The van der Waals surface area contributed by atoms with Crippen LogP contribution in [0.1, 0.15) is 43.9 Å². The van der Waals surface area contributed by atoms with Crippen LogP contribution in [0.15, 0.2) is 24.3 Å². The van der Waals surface area contributed by atoms with Crippen LogP contribution in [0.4, 0.5) is 0 Å². The summed E-state index contributed by atoms with van der Waals surface area (Å²) in [7, 11) is 0. The molecule has 0 spiro atoms. The summed E-state index contributed by atoms with van der Waals surface area (Å²) in [6.45, 7) is 6.58. The van der Waals surface area contributed by atoms with Gasteiger partial charge in [0.1, 0.15) is 0 Å². The number of carboxylic acid groups (broad SMARTS) is 1. The van der Waals surface area contributed by atoms with Gasteiger partial charge in [0, 0.05) is 6.08 Å². The average Bonchev–Trinajstić information content (AvgIpc) is 2.59. The Morgan fingerprint density at radius 3 is 2.59 bits per heavy atom. The van der Waals surface area contributed by atoms with E-state index in [4.69, 9.17) is 5.11 Å². The largest absolute Gasteiger partial charge is 0.478 e. The molecule has 1 aromatic carbocycles. The lowest BCUT2D eigenvalue weighted by molar-refractivity contribution is -0.131. The zero-order valence-electron chi connectivity index (χ0n) is 10.6. The van der Waals surface area contributed by atoms with Gasteiger partial charge in [0.25, 0.3) is 0 Å². The molecule has 0 aromatic heterocycles. The summed E-state index contributed by atoms with van der Waals surface area (Å²) in [6, 6.07) is 6.40. The third kappa shape index (κ3) is 2.41. The fraction of sp³-hybridized carbons (Fsp3) is 0.400. The quantitative estimate of drug-likeness (QED) is 0.751. The summed E-state index contributed by atoms with van der Waals surface area (Å²) in [5.41, 5.74) is 4.81. The van der Waals surface area contributed by atoms with Crippen LogP contribution >= 0.6 is 0 Å². The van der Waals surface area contributed by atoms with E-state index in [0.717, 1.165) is 24.0 Å². The Morgan fingerprint density at radius 2 is 2.00 bits per heavy atom. The van der Waals surface area contributed by atoms with Crippen molar-refractivity contribution in [3.8, 4) is 0 Å². The number of hydrogen-bond donors (Lipinski definition) is 1. The normalized spacial score (nSPS) is 17.2. The predicted octanol–water partition coefficient (Wildman–Crippen LogP) is 3.40. The first-order valence-electron chi connectivity index (χ1n) is 5.95. The summed E-state index contributed by atoms with van der Waals surface area (Å²) in [6.07, 6.45) is 3.14. The highest BCUT2D eigenvalue weighted by Crippen LogP contribution is 2.35. The van der Waals surface area contributed by atoms with Gasteiger partial charge in [-0.2, -0.15) is 0 Å². The molecule has 0 saturated carbocycles. The Bertz CT molecular complexity index is 490. The number of carboxylic acids is 1. The topological polar surface area (TPSA) is 37.3 Å². The maximum atomic E-state index is 10.7. The monoisotopic (exact) mass is 230 g/mol. The van der Waals surface area contributed by atoms with E-state index in [1.165, 1.54) is 17.2 Å². The van der Waals surface area contributed by atoms with Gasteiger partial charge in [0.05, 0.1) is 0 Å². The fourth-order valence-corrected chi connectivity index (χ4v) is 2.28. The van der Waals surface area contributed by atoms with Crippen LogP contribution in [0.5, 0.6) is 0 Å². The highest BCUT2D eigenvalue weighted by molar-refractivity contribution is 5.91. The van der Waals surface area contributed by atoms with E-state index in [-0.39, 0.29) is 5.41 Å². The van der Waals surface area contributed by atoms with Crippen LogP contribution in [-0.2, 0) is 16.6 Å². The molecule has 2 nitrogen and oxygen atoms in total. The predicted molar refractivity (Wildman–Crippen MR) is 69.1 cm³/mol. The Kier molecular flexibility index (Phi) is 2.82. The van der Waals surface area contributed by atoms with Crippen LogP contribution in [-0.4, -0.2) is 11.1 Å². The van der Waals surface area contributed by atoms with Crippen LogP contribution in [0, 0.1) is 0 Å². The van der Waals surface area contributed by atoms with Crippen LogP contribution in [0.3, 0.4) is 0 Å². The molecule has 0 fully saturated rings. The molecule has 1 aromatic rings. The minimum absolute atomic E-state index is 0.147. The van der Waals surface area contributed by atoms with Crippen molar-refractivity contribution in [1.29, 1.82) is 0 Å². The van der Waals surface area contributed by atoms with Crippen LogP contribution in [0.25, 0.3) is 5.57 Å². The number of allylic oxidation sites excluding steroid dienone is 1. The molecule has 0 heterocycles. The van der Waals surface area contributed by atoms with Crippen molar-refractivity contribution >= 4 is 11.5 Å². The number of fused-ring (bicyclic) bond motifs is 1. The summed E-state index contributed by atoms with van der Waals surface area (Å²) < 4.78 is 0. The standard InChI is InChI=1S/C15H18O2/c1-15(2,3)12-6-7-13-10(8-12)4-5-11(13)9-14(16)17/h6-9H,4-5H2,1-3H3,(H,16,17). The van der Waals surface area contributed by atoms with Gasteiger partial charge in [0.2, 0.25) is 0 Å². The number of aryl methyl sites for hydroxylation is 1. The number of rotatable bonds is 1. The molecule has 2 rings (SSSR count). The molecule has 0 unspecified atom stereocenters. The van der Waals surface area contributed by atoms with Gasteiger partial charge < -0.3 is 5.11 Å². The van der Waals surface area contributed by atoms with E-state index in [2.05, 4.69) is 39.0 Å². The molecular formula is C15H18O2. The minimum Gasteiger partial charge on any atom is -0.478 e. The summed E-state index contributed by atoms with van der Waals surface area (Å²) >= 11 is 0. The Hall–Kier alpha value is -1.57. The van der Waals surface area contributed by atoms with E-state index >= 15 is 0 Å². The lowest BCUT2D eigenvalue weighted by atomic mass is 9.85. The maximum Gasteiger partial charge on any atom is 0.328 e. The summed E-state index contributed by atoms with van der Waals surface area (Å²) in [5.74, 6) is -0.854. The van der Waals surface area contributed by atoms with E-state index in [1.807, 2.05) is 0 Å². The zero-order valence-corrected chi connectivity index (χ0v) is 10.6. The molecule has 0 amide bonds. The molecule has 1 N–H and O–H groups in total. The van der Waals surface area contributed by atoms with Crippen molar-refractivity contribution in [2.75, 3.05) is 0 Å². The van der Waals surface area contributed by atoms with Gasteiger partial charge in [-0.05, 0) is 40.5 Å². The fourth-order valence-electron chi connectivity index (χ4n) is 2.28. The number of benzene rings is 1. The molecule has 0 bridgehead atoms. The van der Waals surface area contributed by atoms with Crippen molar-refractivity contribution in [3.63, 3.8) is 0 Å². The second kappa shape index (κ2) is 4.02. The Morgan fingerprint density at radius 1 is 1.29 bits per heavy atom. The maximum absolute atomic E-state index is 10.7. The van der Waals surface area contributed by atoms with E-state index in [1.54, 1.807) is 0 Å². The molecule has 1 aliphatic carbocycles. The highest BCUT2D eigenvalue weighted by atomic mass is 16.4. The summed E-state index contributed by atoms with van der Waals surface area (Å²) in [4.78, 5) is 10.7. The molecular weight excluding hydrogens is 212 g/mol. The molecule has 0 radical (unpaired) electrons. The van der Waals surface area contributed by atoms with Crippen molar-refractivity contribution in [2.45, 2.75) is 39.0 Å². The van der Waals surface area contributed by atoms with Gasteiger partial charge >= 0.3 is 5.97 Å². The van der Waals surface area contributed by atoms with E-state index in [9.17, 15) is 4.79 Å². The van der Waals surface area contributed by atoms with Crippen molar-refractivity contribution < 1.29 is 9.90 Å². The highest BCUT2D eigenvalue weighted by Gasteiger charge is 2.20. The molecule has 0 saturated heterocycles. The van der Waals surface area contributed by atoms with Crippen LogP contribution < -0.4 is 0 Å². The summed E-state index contributed by atoms with van der Waals surface area (Å²) in [5, 5.41) is 8.81. The molecule has 1 aliphatic rings. The molecule has 2 heteroatoms. The van der Waals surface area contributed by atoms with E-state index in [0.29, 0.717) is 0 Å². The smallest absolute Gasteiger partial charge is 0.328 e. The second-order valence-electron chi connectivity index (χ2n) is 5.63. The lowest BCUT2D eigenvalue weighted by Gasteiger charge is -2.20. The first-order chi connectivity index (χ1) is 7.88. The zero-order chi connectivity index (χ0) is 12.6.